The van der Waals surface area contributed by atoms with Crippen LogP contribution < -0.4 is 29.7 Å². The van der Waals surface area contributed by atoms with E-state index >= 15 is 0 Å². The van der Waals surface area contributed by atoms with Crippen LogP contribution in [0.5, 0.6) is 11.5 Å². The maximum Gasteiger partial charge on any atom is 0.238 e. The highest BCUT2D eigenvalue weighted by molar-refractivity contribution is 7.81. The molecule has 1 atom stereocenters. The molecule has 0 spiro atoms. The van der Waals surface area contributed by atoms with Gasteiger partial charge >= 0.3 is 0 Å². The summed E-state index contributed by atoms with van der Waals surface area (Å²) in [7, 11) is 3.06. The molecular weight excluding hydrogens is 616 g/mol. The topological polar surface area (TPSA) is 141 Å². The van der Waals surface area contributed by atoms with Crippen molar-refractivity contribution >= 4 is 68.5 Å². The van der Waals surface area contributed by atoms with Gasteiger partial charge in [-0.3, -0.25) is 13.3 Å². The van der Waals surface area contributed by atoms with E-state index in [2.05, 4.69) is 20.9 Å². The molecule has 1 unspecified atom stereocenters. The highest BCUT2D eigenvalue weighted by Gasteiger charge is 2.21. The maximum atomic E-state index is 12.8. The van der Waals surface area contributed by atoms with Crippen molar-refractivity contribution in [1.82, 2.24) is 15.3 Å². The van der Waals surface area contributed by atoms with Crippen molar-refractivity contribution in [3.05, 3.63) is 101 Å². The lowest BCUT2D eigenvalue weighted by molar-refractivity contribution is -0.115. The fourth-order valence-corrected chi connectivity index (χ4v) is 5.25. The second-order valence-corrected chi connectivity index (χ2v) is 11.1. The summed E-state index contributed by atoms with van der Waals surface area (Å²) in [6, 6.07) is 24.4. The average molecular weight is 646 g/mol. The molecule has 11 nitrogen and oxygen atoms in total. The number of carbonyl (C=O) groups excluding carboxylic acids is 1. The molecule has 0 saturated carbocycles. The Morgan fingerprint density at radius 1 is 0.911 bits per heavy atom. The molecule has 1 heterocycles. The number of hydrogen-bond donors (Lipinski definition) is 3. The van der Waals surface area contributed by atoms with Crippen molar-refractivity contribution in [3.8, 4) is 11.5 Å². The average Bonchev–Trinajstić information content (AvgIpc) is 3.03. The number of nitrogens with zero attached hydrogens (tertiary/aromatic N) is 3. The summed E-state index contributed by atoms with van der Waals surface area (Å²) in [6.07, 6.45) is 0. The number of amides is 1. The molecule has 0 bridgehead atoms. The minimum absolute atomic E-state index is 0.0192. The lowest BCUT2D eigenvalue weighted by atomic mass is 10.1. The van der Waals surface area contributed by atoms with E-state index < -0.39 is 11.3 Å². The first-order valence-corrected chi connectivity index (χ1v) is 15.2. The number of para-hydroxylation sites is 2. The summed E-state index contributed by atoms with van der Waals surface area (Å²) in [5, 5.41) is 9.73. The third kappa shape index (κ3) is 7.86. The van der Waals surface area contributed by atoms with Gasteiger partial charge in [0.05, 0.1) is 48.8 Å². The summed E-state index contributed by atoms with van der Waals surface area (Å²) in [6.45, 7) is 2.40. The SMILES string of the molecule is COc1cc(Nc2nc3ccccc3nc2N(c2cccc(NC(=O)CNCc3ccc(C)c(Cl)c3)c2)S(=O)[O-])cc(OC)c1. The second kappa shape index (κ2) is 14.4. The summed E-state index contributed by atoms with van der Waals surface area (Å²) in [5.74, 6) is 0.933. The van der Waals surface area contributed by atoms with Gasteiger partial charge in [-0.1, -0.05) is 41.9 Å². The van der Waals surface area contributed by atoms with Gasteiger partial charge in [-0.05, 0) is 54.4 Å². The van der Waals surface area contributed by atoms with E-state index in [9.17, 15) is 13.6 Å². The predicted octanol–water partition coefficient (Wildman–Crippen LogP) is 6.01. The molecule has 0 aliphatic carbocycles. The van der Waals surface area contributed by atoms with E-state index in [1.807, 2.05) is 31.2 Å². The molecule has 0 fully saturated rings. The number of methoxy groups -OCH3 is 2. The number of anilines is 5. The van der Waals surface area contributed by atoms with Crippen LogP contribution in [0.4, 0.5) is 28.7 Å². The minimum atomic E-state index is -2.82. The first-order valence-electron chi connectivity index (χ1n) is 13.8. The van der Waals surface area contributed by atoms with E-state index in [1.54, 1.807) is 60.7 Å². The van der Waals surface area contributed by atoms with Crippen molar-refractivity contribution in [2.24, 2.45) is 0 Å². The first kappa shape index (κ1) is 31.7. The predicted molar refractivity (Wildman–Crippen MR) is 176 cm³/mol. The lowest BCUT2D eigenvalue weighted by Gasteiger charge is -2.27. The molecular formula is C32H30ClN6O5S-. The van der Waals surface area contributed by atoms with Gasteiger partial charge in [0, 0.05) is 41.1 Å². The van der Waals surface area contributed by atoms with Gasteiger partial charge in [-0.15, -0.1) is 0 Å². The number of benzene rings is 4. The third-order valence-corrected chi connectivity index (χ3v) is 7.81. The molecule has 0 radical (unpaired) electrons. The Hall–Kier alpha value is -4.75. The molecule has 3 N–H and O–H groups in total. The molecule has 0 saturated heterocycles. The van der Waals surface area contributed by atoms with Crippen LogP contribution in [0.1, 0.15) is 11.1 Å². The van der Waals surface area contributed by atoms with Gasteiger partial charge in [0.2, 0.25) is 5.91 Å². The Labute approximate surface area is 268 Å². The zero-order valence-corrected chi connectivity index (χ0v) is 26.2. The standard InChI is InChI=1S/C32H31ClN6O5S/c1-20-11-12-21(13-27(20)33)18-34-19-30(40)35-22-7-6-8-24(14-22)39(45(41)42)32-31(37-28-9-4-5-10-29(28)38-32)36-23-15-25(43-2)17-26(16-23)44-3/h4-17,34H,18-19H2,1-3H3,(H,35,40)(H,36,37)(H,41,42)/p-1. The quantitative estimate of drug-likeness (QED) is 0.139. The number of aryl methyl sites for hydroxylation is 1. The fourth-order valence-electron chi connectivity index (χ4n) is 4.49. The van der Waals surface area contributed by atoms with E-state index in [0.29, 0.717) is 45.5 Å². The highest BCUT2D eigenvalue weighted by Crippen LogP contribution is 2.36. The minimum Gasteiger partial charge on any atom is -0.755 e. The Morgan fingerprint density at radius 2 is 1.62 bits per heavy atom. The molecule has 5 rings (SSSR count). The van der Waals surface area contributed by atoms with Gasteiger partial charge in [-0.2, -0.15) is 0 Å². The zero-order chi connectivity index (χ0) is 31.9. The van der Waals surface area contributed by atoms with Gasteiger partial charge in [0.25, 0.3) is 0 Å². The van der Waals surface area contributed by atoms with Gasteiger partial charge < -0.3 is 30.0 Å². The number of aromatic nitrogens is 2. The van der Waals surface area contributed by atoms with Crippen molar-refractivity contribution in [3.63, 3.8) is 0 Å². The van der Waals surface area contributed by atoms with Crippen molar-refractivity contribution in [1.29, 1.82) is 0 Å². The molecule has 5 aromatic rings. The molecule has 232 valence electrons. The molecule has 13 heteroatoms. The molecule has 1 aromatic heterocycles. The third-order valence-electron chi connectivity index (χ3n) is 6.72. The molecule has 1 amide bonds. The summed E-state index contributed by atoms with van der Waals surface area (Å²) in [4.78, 5) is 22.1. The molecule has 4 aromatic carbocycles. The Bertz CT molecular complexity index is 1850. The van der Waals surface area contributed by atoms with Crippen LogP contribution in [0.2, 0.25) is 5.02 Å². The Kier molecular flexibility index (Phi) is 10.1. The monoisotopic (exact) mass is 645 g/mol. The molecule has 0 aliphatic rings. The van der Waals surface area contributed by atoms with Gasteiger partial charge in [0.15, 0.2) is 11.6 Å². The second-order valence-electron chi connectivity index (χ2n) is 9.91. The van der Waals surface area contributed by atoms with Crippen LogP contribution in [-0.2, 0) is 22.6 Å². The number of ether oxygens (including phenoxy) is 2. The Morgan fingerprint density at radius 3 is 2.29 bits per heavy atom. The first-order chi connectivity index (χ1) is 21.7. The van der Waals surface area contributed by atoms with Crippen molar-refractivity contribution < 1.29 is 23.0 Å². The van der Waals surface area contributed by atoms with Crippen LogP contribution in [-0.4, -0.2) is 45.4 Å². The largest absolute Gasteiger partial charge is 0.755 e. The Balaban J connectivity index is 1.41. The lowest BCUT2D eigenvalue weighted by Crippen LogP contribution is -2.28. The zero-order valence-electron chi connectivity index (χ0n) is 24.7. The van der Waals surface area contributed by atoms with Crippen molar-refractivity contribution in [2.45, 2.75) is 13.5 Å². The van der Waals surface area contributed by atoms with Crippen LogP contribution in [0.15, 0.2) is 84.9 Å². The molecule has 45 heavy (non-hydrogen) atoms. The number of fused-ring (bicyclic) bond motifs is 1. The summed E-state index contributed by atoms with van der Waals surface area (Å²) in [5.41, 5.74) is 4.13. The number of rotatable bonds is 12. The van der Waals surface area contributed by atoms with E-state index in [0.717, 1.165) is 15.4 Å². The summed E-state index contributed by atoms with van der Waals surface area (Å²) < 4.78 is 37.3. The maximum absolute atomic E-state index is 12.8. The van der Waals surface area contributed by atoms with Gasteiger partial charge in [-0.25, -0.2) is 9.97 Å². The summed E-state index contributed by atoms with van der Waals surface area (Å²) >= 11 is 3.37. The van der Waals surface area contributed by atoms with Gasteiger partial charge in [0.1, 0.15) is 11.5 Å². The normalized spacial score (nSPS) is 11.6. The van der Waals surface area contributed by atoms with E-state index in [4.69, 9.17) is 26.1 Å². The van der Waals surface area contributed by atoms with E-state index in [1.165, 1.54) is 14.2 Å². The number of nitrogens with one attached hydrogen (secondary N) is 3. The number of carbonyl (C=O) groups is 1. The smallest absolute Gasteiger partial charge is 0.238 e. The van der Waals surface area contributed by atoms with Crippen LogP contribution in [0.3, 0.4) is 0 Å². The number of hydrogen-bond acceptors (Lipinski definition) is 9. The number of halogens is 1. The van der Waals surface area contributed by atoms with Crippen LogP contribution in [0, 0.1) is 6.92 Å². The highest BCUT2D eigenvalue weighted by atomic mass is 35.5. The fraction of sp³-hybridized carbons (Fsp3) is 0.156. The van der Waals surface area contributed by atoms with Crippen LogP contribution in [0.25, 0.3) is 11.0 Å². The van der Waals surface area contributed by atoms with Crippen LogP contribution >= 0.6 is 11.6 Å². The van der Waals surface area contributed by atoms with Crippen molar-refractivity contribution in [2.75, 3.05) is 35.7 Å². The molecule has 0 aliphatic heterocycles. The van der Waals surface area contributed by atoms with E-state index in [-0.39, 0.29) is 29.8 Å².